The van der Waals surface area contributed by atoms with Crippen molar-refractivity contribution in [3.8, 4) is 5.75 Å². The smallest absolute Gasteiger partial charge is 0.134 e. The molecule has 1 atom stereocenters. The van der Waals surface area contributed by atoms with E-state index in [9.17, 15) is 9.50 Å². The van der Waals surface area contributed by atoms with Gasteiger partial charge in [-0.2, -0.15) is 0 Å². The van der Waals surface area contributed by atoms with Crippen LogP contribution < -0.4 is 10.1 Å². The highest BCUT2D eigenvalue weighted by atomic mass is 19.1. The fraction of sp³-hybridized carbons (Fsp3) is 0.500. The molecule has 0 amide bonds. The molecule has 0 aliphatic carbocycles. The molecule has 1 aromatic rings. The number of ether oxygens (including phenoxy) is 2. The highest BCUT2D eigenvalue weighted by molar-refractivity contribution is 5.22. The molecule has 1 aromatic carbocycles. The number of hydrogen-bond donors (Lipinski definition) is 2. The quantitative estimate of drug-likeness (QED) is 0.811. The Hall–Kier alpha value is -1.17. The second-order valence-corrected chi connectivity index (χ2v) is 4.20. The number of β-amino-alcohol motifs (C(OH)–C–C–N with tert-alkyl or cyclic N) is 1. The molecule has 1 unspecified atom stereocenters. The third-order valence-corrected chi connectivity index (χ3v) is 2.55. The van der Waals surface area contributed by atoms with E-state index < -0.39 is 5.60 Å². The van der Waals surface area contributed by atoms with Gasteiger partial charge in [-0.05, 0) is 12.1 Å². The lowest BCUT2D eigenvalue weighted by Gasteiger charge is -2.25. The van der Waals surface area contributed by atoms with Crippen molar-refractivity contribution in [1.82, 2.24) is 5.32 Å². The lowest BCUT2D eigenvalue weighted by atomic mass is 10.1. The van der Waals surface area contributed by atoms with E-state index in [0.717, 1.165) is 0 Å². The zero-order valence-electron chi connectivity index (χ0n) is 9.49. The maximum Gasteiger partial charge on any atom is 0.134 e. The number of hydrogen-bond acceptors (Lipinski definition) is 4. The molecule has 0 radical (unpaired) electrons. The van der Waals surface area contributed by atoms with Crippen LogP contribution in [0.1, 0.15) is 0 Å². The van der Waals surface area contributed by atoms with Crippen LogP contribution in [0.5, 0.6) is 5.75 Å². The molecule has 1 fully saturated rings. The summed E-state index contributed by atoms with van der Waals surface area (Å²) in [5.74, 6) is 0.0485. The van der Waals surface area contributed by atoms with Crippen LogP contribution in [0.15, 0.2) is 24.3 Å². The van der Waals surface area contributed by atoms with Crippen molar-refractivity contribution >= 4 is 0 Å². The monoisotopic (exact) mass is 241 g/mol. The molecule has 0 spiro atoms. The predicted octanol–water partition coefficient (Wildman–Crippen LogP) is 0.555. The minimum atomic E-state index is -1.07. The topological polar surface area (TPSA) is 50.7 Å². The average Bonchev–Trinajstić information content (AvgIpc) is 2.53. The first kappa shape index (κ1) is 12.3. The largest absolute Gasteiger partial charge is 0.490 e. The Morgan fingerprint density at radius 1 is 1.53 bits per heavy atom. The maximum absolute atomic E-state index is 12.9. The first-order valence-electron chi connectivity index (χ1n) is 5.57. The maximum atomic E-state index is 12.9. The van der Waals surface area contributed by atoms with E-state index >= 15 is 0 Å². The summed E-state index contributed by atoms with van der Waals surface area (Å²) >= 11 is 0. The number of nitrogens with one attached hydrogen (secondary N) is 1. The van der Waals surface area contributed by atoms with Crippen molar-refractivity contribution in [2.24, 2.45) is 0 Å². The van der Waals surface area contributed by atoms with Crippen LogP contribution in [-0.4, -0.2) is 43.6 Å². The summed E-state index contributed by atoms with van der Waals surface area (Å²) in [7, 11) is 0. The Bertz CT molecular complexity index is 365. The lowest BCUT2D eigenvalue weighted by Crippen LogP contribution is -2.47. The van der Waals surface area contributed by atoms with Crippen LogP contribution in [0.2, 0.25) is 0 Å². The average molecular weight is 241 g/mol. The summed E-state index contributed by atoms with van der Waals surface area (Å²) < 4.78 is 23.5. The van der Waals surface area contributed by atoms with Crippen LogP contribution in [0.4, 0.5) is 4.39 Å². The Labute approximate surface area is 99.4 Å². The van der Waals surface area contributed by atoms with Crippen LogP contribution in [0, 0.1) is 5.82 Å². The van der Waals surface area contributed by atoms with Gasteiger partial charge in [-0.25, -0.2) is 4.39 Å². The van der Waals surface area contributed by atoms with E-state index in [1.807, 2.05) is 0 Å². The molecule has 2 N–H and O–H groups in total. The Balaban J connectivity index is 1.92. The fourth-order valence-corrected chi connectivity index (χ4v) is 1.65. The second kappa shape index (κ2) is 5.44. The van der Waals surface area contributed by atoms with E-state index in [-0.39, 0.29) is 19.0 Å². The highest BCUT2D eigenvalue weighted by Gasteiger charge is 2.29. The predicted molar refractivity (Wildman–Crippen MR) is 60.5 cm³/mol. The summed E-state index contributed by atoms with van der Waals surface area (Å²) in [6.07, 6.45) is 0. The first-order valence-corrected chi connectivity index (χ1v) is 5.57. The van der Waals surface area contributed by atoms with Gasteiger partial charge in [0, 0.05) is 19.2 Å². The number of aliphatic hydroxyl groups is 1. The van der Waals surface area contributed by atoms with Crippen molar-refractivity contribution in [2.45, 2.75) is 5.60 Å². The molecule has 0 bridgehead atoms. The third-order valence-electron chi connectivity index (χ3n) is 2.55. The van der Waals surface area contributed by atoms with Gasteiger partial charge in [-0.1, -0.05) is 6.07 Å². The Kier molecular flexibility index (Phi) is 3.93. The fourth-order valence-electron chi connectivity index (χ4n) is 1.65. The zero-order chi connectivity index (χ0) is 12.1. The first-order chi connectivity index (χ1) is 8.18. The molecule has 17 heavy (non-hydrogen) atoms. The molecule has 0 saturated carbocycles. The van der Waals surface area contributed by atoms with Crippen molar-refractivity contribution in [1.29, 1.82) is 0 Å². The molecule has 1 aliphatic rings. The van der Waals surface area contributed by atoms with E-state index in [1.54, 1.807) is 12.1 Å². The number of halogens is 1. The van der Waals surface area contributed by atoms with Gasteiger partial charge in [-0.15, -0.1) is 0 Å². The highest BCUT2D eigenvalue weighted by Crippen LogP contribution is 2.15. The van der Waals surface area contributed by atoms with Gasteiger partial charge in [0.2, 0.25) is 0 Å². The van der Waals surface area contributed by atoms with Crippen LogP contribution >= 0.6 is 0 Å². The second-order valence-electron chi connectivity index (χ2n) is 4.20. The number of benzene rings is 1. The summed E-state index contributed by atoms with van der Waals surface area (Å²) in [4.78, 5) is 0. The van der Waals surface area contributed by atoms with Gasteiger partial charge in [0.05, 0.1) is 13.2 Å². The lowest BCUT2D eigenvalue weighted by molar-refractivity contribution is -0.0552. The van der Waals surface area contributed by atoms with Crippen molar-refractivity contribution in [3.05, 3.63) is 30.1 Å². The Morgan fingerprint density at radius 3 is 3.24 bits per heavy atom. The summed E-state index contributed by atoms with van der Waals surface area (Å²) in [5.41, 5.74) is -1.07. The van der Waals surface area contributed by atoms with Gasteiger partial charge >= 0.3 is 0 Å². The van der Waals surface area contributed by atoms with Gasteiger partial charge in [0.1, 0.15) is 23.8 Å². The van der Waals surface area contributed by atoms with Crippen LogP contribution in [0.3, 0.4) is 0 Å². The SMILES string of the molecule is OC1(COc2cccc(F)c2)CNCCOC1. The molecular formula is C12H16FNO3. The van der Waals surface area contributed by atoms with Gasteiger partial charge in [-0.3, -0.25) is 0 Å². The van der Waals surface area contributed by atoms with Crippen molar-refractivity contribution in [2.75, 3.05) is 32.9 Å². The molecule has 5 heteroatoms. The summed E-state index contributed by atoms with van der Waals surface area (Å²) in [5, 5.41) is 13.2. The molecule has 1 aliphatic heterocycles. The zero-order valence-corrected chi connectivity index (χ0v) is 9.49. The Morgan fingerprint density at radius 2 is 2.41 bits per heavy atom. The molecule has 94 valence electrons. The van der Waals surface area contributed by atoms with Crippen molar-refractivity contribution < 1.29 is 19.0 Å². The van der Waals surface area contributed by atoms with E-state index in [0.29, 0.717) is 25.4 Å². The standard InChI is InChI=1S/C12H16FNO3/c13-10-2-1-3-11(6-10)17-9-12(15)7-14-4-5-16-8-12/h1-3,6,14-15H,4-5,7-9H2. The third kappa shape index (κ3) is 3.66. The summed E-state index contributed by atoms with van der Waals surface area (Å²) in [6, 6.07) is 5.85. The molecular weight excluding hydrogens is 225 g/mol. The van der Waals surface area contributed by atoms with E-state index in [4.69, 9.17) is 9.47 Å². The number of rotatable bonds is 3. The minimum absolute atomic E-state index is 0.0729. The summed E-state index contributed by atoms with van der Waals surface area (Å²) in [6.45, 7) is 1.98. The van der Waals surface area contributed by atoms with E-state index in [2.05, 4.69) is 5.32 Å². The van der Waals surface area contributed by atoms with Gasteiger partial charge in [0.15, 0.2) is 0 Å². The van der Waals surface area contributed by atoms with Gasteiger partial charge in [0.25, 0.3) is 0 Å². The van der Waals surface area contributed by atoms with Gasteiger partial charge < -0.3 is 19.9 Å². The normalized spacial score (nSPS) is 25.3. The molecule has 0 aromatic heterocycles. The minimum Gasteiger partial charge on any atom is -0.490 e. The molecule has 4 nitrogen and oxygen atoms in total. The molecule has 1 saturated heterocycles. The van der Waals surface area contributed by atoms with E-state index in [1.165, 1.54) is 12.1 Å². The van der Waals surface area contributed by atoms with Crippen molar-refractivity contribution in [3.63, 3.8) is 0 Å². The molecule has 1 heterocycles. The molecule has 2 rings (SSSR count). The van der Waals surface area contributed by atoms with Crippen LogP contribution in [-0.2, 0) is 4.74 Å². The van der Waals surface area contributed by atoms with Crippen LogP contribution in [0.25, 0.3) is 0 Å².